The van der Waals surface area contributed by atoms with E-state index in [4.69, 9.17) is 0 Å². The lowest BCUT2D eigenvalue weighted by Crippen LogP contribution is -2.25. The molecule has 0 bridgehead atoms. The third-order valence-electron chi connectivity index (χ3n) is 4.92. The van der Waals surface area contributed by atoms with Gasteiger partial charge in [0.05, 0.1) is 6.20 Å². The van der Waals surface area contributed by atoms with Gasteiger partial charge >= 0.3 is 0 Å². The molecule has 0 aromatic carbocycles. The molecular formula is C18H28N6O. The Labute approximate surface area is 148 Å². The Hall–Kier alpha value is -2.18. The summed E-state index contributed by atoms with van der Waals surface area (Å²) in [4.78, 5) is 16.5. The van der Waals surface area contributed by atoms with Crippen LogP contribution >= 0.6 is 0 Å². The maximum Gasteiger partial charge on any atom is 0.273 e. The van der Waals surface area contributed by atoms with Gasteiger partial charge in [-0.25, -0.2) is 4.98 Å². The topological polar surface area (TPSA) is 77.6 Å². The van der Waals surface area contributed by atoms with Crippen molar-refractivity contribution in [2.75, 3.05) is 6.54 Å². The molecule has 1 N–H and O–H groups in total. The summed E-state index contributed by atoms with van der Waals surface area (Å²) in [5, 5.41) is 11.1. The van der Waals surface area contributed by atoms with Gasteiger partial charge in [0, 0.05) is 38.4 Å². The van der Waals surface area contributed by atoms with E-state index in [9.17, 15) is 4.79 Å². The van der Waals surface area contributed by atoms with E-state index in [-0.39, 0.29) is 5.91 Å². The second kappa shape index (κ2) is 8.78. The molecule has 3 rings (SSSR count). The molecule has 1 aliphatic carbocycles. The van der Waals surface area contributed by atoms with Gasteiger partial charge in [-0.15, -0.1) is 5.10 Å². The summed E-state index contributed by atoms with van der Waals surface area (Å²) in [6.07, 6.45) is 13.8. The highest BCUT2D eigenvalue weighted by Crippen LogP contribution is 2.24. The van der Waals surface area contributed by atoms with Crippen molar-refractivity contribution in [3.8, 4) is 0 Å². The molecule has 2 aromatic rings. The van der Waals surface area contributed by atoms with Crippen LogP contribution in [-0.4, -0.2) is 37.0 Å². The van der Waals surface area contributed by atoms with Crippen LogP contribution < -0.4 is 5.32 Å². The van der Waals surface area contributed by atoms with Crippen molar-refractivity contribution in [2.24, 2.45) is 5.92 Å². The highest BCUT2D eigenvalue weighted by Gasteiger charge is 2.16. The van der Waals surface area contributed by atoms with Crippen LogP contribution in [0.2, 0.25) is 0 Å². The smallest absolute Gasteiger partial charge is 0.273 e. The normalized spacial score (nSPS) is 15.4. The summed E-state index contributed by atoms with van der Waals surface area (Å²) in [5.74, 6) is 1.61. The summed E-state index contributed by atoms with van der Waals surface area (Å²) in [6.45, 7) is 4.45. The van der Waals surface area contributed by atoms with Gasteiger partial charge in [0.1, 0.15) is 5.82 Å². The molecule has 2 heterocycles. The first-order valence-electron chi connectivity index (χ1n) is 9.44. The van der Waals surface area contributed by atoms with Crippen LogP contribution in [0.4, 0.5) is 0 Å². The van der Waals surface area contributed by atoms with Crippen molar-refractivity contribution >= 4 is 5.91 Å². The molecule has 1 fully saturated rings. The molecule has 0 unspecified atom stereocenters. The van der Waals surface area contributed by atoms with Crippen molar-refractivity contribution in [1.29, 1.82) is 0 Å². The molecule has 0 spiro atoms. The Morgan fingerprint density at radius 1 is 1.32 bits per heavy atom. The number of nitrogens with zero attached hydrogens (tertiary/aromatic N) is 5. The third-order valence-corrected chi connectivity index (χ3v) is 4.92. The average Bonchev–Trinajstić information content (AvgIpc) is 3.28. The number of carbonyl (C=O) groups excluding carboxylic acids is 1. The van der Waals surface area contributed by atoms with Crippen LogP contribution in [0.15, 0.2) is 18.6 Å². The minimum Gasteiger partial charge on any atom is -0.351 e. The number of aromatic nitrogens is 5. The number of amides is 1. The molecule has 1 aliphatic rings. The second-order valence-electron chi connectivity index (χ2n) is 6.83. The van der Waals surface area contributed by atoms with E-state index in [0.29, 0.717) is 18.2 Å². The lowest BCUT2D eigenvalue weighted by Gasteiger charge is -2.20. The number of carbonyl (C=O) groups is 1. The van der Waals surface area contributed by atoms with Crippen molar-refractivity contribution in [3.63, 3.8) is 0 Å². The predicted molar refractivity (Wildman–Crippen MR) is 95.2 cm³/mol. The minimum atomic E-state index is -0.142. The van der Waals surface area contributed by atoms with Crippen molar-refractivity contribution in [1.82, 2.24) is 29.9 Å². The van der Waals surface area contributed by atoms with Crippen LogP contribution in [0.1, 0.15) is 61.8 Å². The molecule has 0 aliphatic heterocycles. The number of aryl methyl sites for hydroxylation is 2. The van der Waals surface area contributed by atoms with Gasteiger partial charge in [0.2, 0.25) is 0 Å². The van der Waals surface area contributed by atoms with Crippen molar-refractivity contribution in [3.05, 3.63) is 30.1 Å². The van der Waals surface area contributed by atoms with Gasteiger partial charge in [-0.3, -0.25) is 9.48 Å². The van der Waals surface area contributed by atoms with E-state index in [0.717, 1.165) is 31.8 Å². The van der Waals surface area contributed by atoms with E-state index < -0.39 is 0 Å². The monoisotopic (exact) mass is 344 g/mol. The van der Waals surface area contributed by atoms with Gasteiger partial charge in [0.15, 0.2) is 5.69 Å². The predicted octanol–water partition coefficient (Wildman–Crippen LogP) is 2.44. The Morgan fingerprint density at radius 3 is 2.96 bits per heavy atom. The molecule has 7 nitrogen and oxygen atoms in total. The molecule has 136 valence electrons. The lowest BCUT2D eigenvalue weighted by atomic mass is 9.89. The maximum absolute atomic E-state index is 12.2. The number of hydrogen-bond donors (Lipinski definition) is 1. The fourth-order valence-corrected chi connectivity index (χ4v) is 3.53. The fourth-order valence-electron chi connectivity index (χ4n) is 3.53. The van der Waals surface area contributed by atoms with Gasteiger partial charge < -0.3 is 9.88 Å². The summed E-state index contributed by atoms with van der Waals surface area (Å²) < 4.78 is 3.95. The first-order valence-corrected chi connectivity index (χ1v) is 9.44. The van der Waals surface area contributed by atoms with Crippen molar-refractivity contribution in [2.45, 2.75) is 65.0 Å². The highest BCUT2D eigenvalue weighted by molar-refractivity contribution is 5.91. The molecule has 0 radical (unpaired) electrons. The Morgan fingerprint density at radius 2 is 2.16 bits per heavy atom. The second-order valence-corrected chi connectivity index (χ2v) is 6.83. The molecule has 1 saturated carbocycles. The summed E-state index contributed by atoms with van der Waals surface area (Å²) in [7, 11) is 0. The summed E-state index contributed by atoms with van der Waals surface area (Å²) in [6, 6.07) is 0. The van der Waals surface area contributed by atoms with Crippen LogP contribution in [0.25, 0.3) is 0 Å². The molecule has 0 atom stereocenters. The minimum absolute atomic E-state index is 0.142. The highest BCUT2D eigenvalue weighted by atomic mass is 16.2. The van der Waals surface area contributed by atoms with E-state index in [1.807, 2.05) is 17.1 Å². The van der Waals surface area contributed by atoms with Crippen LogP contribution in [-0.2, 0) is 19.5 Å². The number of imidazole rings is 1. The molecular weight excluding hydrogens is 316 g/mol. The van der Waals surface area contributed by atoms with E-state index >= 15 is 0 Å². The molecule has 7 heteroatoms. The number of rotatable bonds is 8. The first kappa shape index (κ1) is 17.6. The van der Waals surface area contributed by atoms with Crippen molar-refractivity contribution < 1.29 is 4.79 Å². The number of nitrogens with one attached hydrogen (secondary N) is 1. The first-order chi connectivity index (χ1) is 12.3. The van der Waals surface area contributed by atoms with Gasteiger partial charge in [0.25, 0.3) is 5.91 Å². The van der Waals surface area contributed by atoms with Gasteiger partial charge in [-0.05, 0) is 25.2 Å². The Kier molecular flexibility index (Phi) is 6.19. The molecule has 25 heavy (non-hydrogen) atoms. The van der Waals surface area contributed by atoms with Gasteiger partial charge in [-0.1, -0.05) is 31.4 Å². The Balaban J connectivity index is 1.41. The van der Waals surface area contributed by atoms with E-state index in [1.54, 1.807) is 6.20 Å². The SMILES string of the molecule is CCc1nccn1CCCNC(=O)c1cn(CC2CCCCC2)nn1. The molecule has 1 amide bonds. The zero-order valence-electron chi connectivity index (χ0n) is 15.0. The van der Waals surface area contributed by atoms with Gasteiger partial charge in [-0.2, -0.15) is 0 Å². The lowest BCUT2D eigenvalue weighted by molar-refractivity contribution is 0.0947. The zero-order chi connectivity index (χ0) is 17.5. The van der Waals surface area contributed by atoms with Crippen LogP contribution in [0.3, 0.4) is 0 Å². The largest absolute Gasteiger partial charge is 0.351 e. The quantitative estimate of drug-likeness (QED) is 0.746. The van der Waals surface area contributed by atoms with E-state index in [1.165, 1.54) is 32.1 Å². The molecule has 2 aromatic heterocycles. The summed E-state index contributed by atoms with van der Waals surface area (Å²) >= 11 is 0. The van der Waals surface area contributed by atoms with Crippen LogP contribution in [0, 0.1) is 5.92 Å². The summed E-state index contributed by atoms with van der Waals surface area (Å²) in [5.41, 5.74) is 0.410. The third kappa shape index (κ3) is 4.90. The van der Waals surface area contributed by atoms with E-state index in [2.05, 4.69) is 32.1 Å². The number of hydrogen-bond acceptors (Lipinski definition) is 4. The maximum atomic E-state index is 12.2. The standard InChI is InChI=1S/C18H28N6O/c1-2-17-19-10-12-23(17)11-6-9-20-18(25)16-14-24(22-21-16)13-15-7-4-3-5-8-15/h10,12,14-15H,2-9,11,13H2,1H3,(H,20,25). The van der Waals surface area contributed by atoms with Crippen LogP contribution in [0.5, 0.6) is 0 Å². The Bertz CT molecular complexity index is 671. The average molecular weight is 344 g/mol. The zero-order valence-corrected chi connectivity index (χ0v) is 15.0. The fraction of sp³-hybridized carbons (Fsp3) is 0.667. The molecule has 0 saturated heterocycles.